The number of hydrogen-bond donors (Lipinski definition) is 2. The van der Waals surface area contributed by atoms with Crippen molar-refractivity contribution in [3.8, 4) is 0 Å². The predicted octanol–water partition coefficient (Wildman–Crippen LogP) is 1.04. The molecule has 2 fully saturated rings. The normalized spacial score (nSPS) is 23.6. The van der Waals surface area contributed by atoms with Crippen molar-refractivity contribution in [2.45, 2.75) is 38.5 Å². The first kappa shape index (κ1) is 15.4. The standard InChI is InChI=1S/C14H23N3O2S/c1-17(2)9-8-14(10-6-4-3-5-7-10)11(18)15-13(20)16-12(14)19/h10H,3-9H2,1-2H3,(H2,15,16,18,19,20). The van der Waals surface area contributed by atoms with Gasteiger partial charge in [-0.3, -0.25) is 9.59 Å². The Balaban J connectivity index is 2.28. The van der Waals surface area contributed by atoms with Crippen molar-refractivity contribution >= 4 is 29.1 Å². The summed E-state index contributed by atoms with van der Waals surface area (Å²) in [5.74, 6) is -0.292. The number of carbonyl (C=O) groups excluding carboxylic acids is 2. The van der Waals surface area contributed by atoms with Crippen LogP contribution in [0.15, 0.2) is 0 Å². The fourth-order valence-electron chi connectivity index (χ4n) is 3.36. The minimum atomic E-state index is -0.951. The van der Waals surface area contributed by atoms with Crippen LogP contribution in [0.3, 0.4) is 0 Å². The van der Waals surface area contributed by atoms with E-state index in [2.05, 4.69) is 10.6 Å². The Bertz CT molecular complexity index is 397. The van der Waals surface area contributed by atoms with Crippen molar-refractivity contribution in [1.29, 1.82) is 0 Å². The van der Waals surface area contributed by atoms with Crippen molar-refractivity contribution in [2.24, 2.45) is 11.3 Å². The topological polar surface area (TPSA) is 61.4 Å². The highest BCUT2D eigenvalue weighted by molar-refractivity contribution is 7.80. The van der Waals surface area contributed by atoms with Gasteiger partial charge < -0.3 is 15.5 Å². The van der Waals surface area contributed by atoms with Crippen molar-refractivity contribution < 1.29 is 9.59 Å². The van der Waals surface area contributed by atoms with Crippen LogP contribution in [0.25, 0.3) is 0 Å². The average molecular weight is 297 g/mol. The van der Waals surface area contributed by atoms with Gasteiger partial charge in [-0.25, -0.2) is 0 Å². The first-order chi connectivity index (χ1) is 9.46. The van der Waals surface area contributed by atoms with Crippen LogP contribution in [0.1, 0.15) is 38.5 Å². The van der Waals surface area contributed by atoms with Crippen LogP contribution in [0.5, 0.6) is 0 Å². The molecule has 0 aromatic rings. The molecule has 0 aromatic carbocycles. The summed E-state index contributed by atoms with van der Waals surface area (Å²) >= 11 is 4.93. The van der Waals surface area contributed by atoms with Crippen LogP contribution >= 0.6 is 12.2 Å². The number of amides is 2. The quantitative estimate of drug-likeness (QED) is 0.601. The summed E-state index contributed by atoms with van der Waals surface area (Å²) < 4.78 is 0. The molecule has 112 valence electrons. The third-order valence-electron chi connectivity index (χ3n) is 4.52. The van der Waals surface area contributed by atoms with Crippen LogP contribution in [0.2, 0.25) is 0 Å². The summed E-state index contributed by atoms with van der Waals surface area (Å²) in [6.07, 6.45) is 5.83. The van der Waals surface area contributed by atoms with E-state index >= 15 is 0 Å². The maximum absolute atomic E-state index is 12.6. The lowest BCUT2D eigenvalue weighted by Gasteiger charge is -2.43. The number of rotatable bonds is 4. The lowest BCUT2D eigenvalue weighted by molar-refractivity contribution is -0.149. The largest absolute Gasteiger partial charge is 0.309 e. The Morgan fingerprint density at radius 1 is 1.15 bits per heavy atom. The van der Waals surface area contributed by atoms with Crippen LogP contribution < -0.4 is 10.6 Å². The zero-order valence-electron chi connectivity index (χ0n) is 12.2. The maximum Gasteiger partial charge on any atom is 0.242 e. The Morgan fingerprint density at radius 3 is 2.20 bits per heavy atom. The summed E-state index contributed by atoms with van der Waals surface area (Å²) in [4.78, 5) is 27.2. The van der Waals surface area contributed by atoms with Crippen molar-refractivity contribution in [3.05, 3.63) is 0 Å². The molecular formula is C14H23N3O2S. The average Bonchev–Trinajstić information content (AvgIpc) is 2.39. The van der Waals surface area contributed by atoms with Crippen LogP contribution in [0.4, 0.5) is 0 Å². The molecule has 2 rings (SSSR count). The van der Waals surface area contributed by atoms with Crippen molar-refractivity contribution in [3.63, 3.8) is 0 Å². The van der Waals surface area contributed by atoms with Gasteiger partial charge in [-0.05, 0) is 58.0 Å². The number of carbonyl (C=O) groups is 2. The molecule has 0 unspecified atom stereocenters. The molecule has 1 aliphatic carbocycles. The van der Waals surface area contributed by atoms with E-state index in [4.69, 9.17) is 12.2 Å². The van der Waals surface area contributed by atoms with E-state index in [-0.39, 0.29) is 22.8 Å². The Labute approximate surface area is 125 Å². The molecule has 20 heavy (non-hydrogen) atoms. The summed E-state index contributed by atoms with van der Waals surface area (Å²) in [6.45, 7) is 0.712. The maximum atomic E-state index is 12.6. The fraction of sp³-hybridized carbons (Fsp3) is 0.786. The van der Waals surface area contributed by atoms with Gasteiger partial charge in [0.2, 0.25) is 11.8 Å². The predicted molar refractivity (Wildman–Crippen MR) is 81.1 cm³/mol. The van der Waals surface area contributed by atoms with Gasteiger partial charge in [0.05, 0.1) is 0 Å². The molecule has 0 bridgehead atoms. The molecule has 0 radical (unpaired) electrons. The second kappa shape index (κ2) is 6.18. The molecule has 6 heteroatoms. The highest BCUT2D eigenvalue weighted by atomic mass is 32.1. The van der Waals surface area contributed by atoms with E-state index in [9.17, 15) is 9.59 Å². The Kier molecular flexibility index (Phi) is 4.75. The molecule has 0 atom stereocenters. The van der Waals surface area contributed by atoms with Gasteiger partial charge in [0.1, 0.15) is 5.41 Å². The monoisotopic (exact) mass is 297 g/mol. The molecule has 2 N–H and O–H groups in total. The van der Waals surface area contributed by atoms with Gasteiger partial charge in [0.25, 0.3) is 0 Å². The molecule has 5 nitrogen and oxygen atoms in total. The minimum absolute atomic E-state index is 0.124. The highest BCUT2D eigenvalue weighted by Crippen LogP contribution is 2.42. The van der Waals surface area contributed by atoms with Crippen LogP contribution in [0, 0.1) is 11.3 Å². The zero-order chi connectivity index (χ0) is 14.8. The number of nitrogens with one attached hydrogen (secondary N) is 2. The lowest BCUT2D eigenvalue weighted by Crippen LogP contribution is -2.65. The van der Waals surface area contributed by atoms with Gasteiger partial charge in [-0.15, -0.1) is 0 Å². The molecule has 1 saturated carbocycles. The van der Waals surface area contributed by atoms with Crippen molar-refractivity contribution in [2.75, 3.05) is 20.6 Å². The molecule has 2 amide bonds. The molecule has 2 aliphatic rings. The first-order valence-corrected chi connectivity index (χ1v) is 7.69. The summed E-state index contributed by atoms with van der Waals surface area (Å²) in [6, 6.07) is 0. The van der Waals surface area contributed by atoms with Crippen LogP contribution in [-0.2, 0) is 9.59 Å². The third-order valence-corrected chi connectivity index (χ3v) is 4.72. The van der Waals surface area contributed by atoms with Gasteiger partial charge in [0.15, 0.2) is 5.11 Å². The van der Waals surface area contributed by atoms with E-state index in [0.29, 0.717) is 13.0 Å². The van der Waals surface area contributed by atoms with Gasteiger partial charge in [-0.2, -0.15) is 0 Å². The SMILES string of the molecule is CN(C)CCC1(C2CCCCC2)C(=O)NC(=S)NC1=O. The molecule has 1 aliphatic heterocycles. The second-order valence-electron chi connectivity index (χ2n) is 6.10. The minimum Gasteiger partial charge on any atom is -0.309 e. The van der Waals surface area contributed by atoms with E-state index < -0.39 is 5.41 Å². The lowest BCUT2D eigenvalue weighted by atomic mass is 9.65. The number of nitrogens with zero attached hydrogens (tertiary/aromatic N) is 1. The zero-order valence-corrected chi connectivity index (χ0v) is 13.0. The van der Waals surface area contributed by atoms with Gasteiger partial charge in [-0.1, -0.05) is 19.3 Å². The smallest absolute Gasteiger partial charge is 0.242 e. The van der Waals surface area contributed by atoms with E-state index in [0.717, 1.165) is 25.7 Å². The first-order valence-electron chi connectivity index (χ1n) is 7.28. The number of hydrogen-bond acceptors (Lipinski definition) is 4. The fourth-order valence-corrected chi connectivity index (χ4v) is 3.55. The molecule has 0 spiro atoms. The molecule has 0 aromatic heterocycles. The molecular weight excluding hydrogens is 274 g/mol. The summed E-state index contributed by atoms with van der Waals surface area (Å²) in [5, 5.41) is 5.46. The van der Waals surface area contributed by atoms with Crippen LogP contribution in [-0.4, -0.2) is 42.5 Å². The van der Waals surface area contributed by atoms with Gasteiger partial charge in [0, 0.05) is 0 Å². The summed E-state index contributed by atoms with van der Waals surface area (Å²) in [5.41, 5.74) is -0.951. The summed E-state index contributed by atoms with van der Waals surface area (Å²) in [7, 11) is 3.91. The molecule has 1 heterocycles. The van der Waals surface area contributed by atoms with Crippen molar-refractivity contribution in [1.82, 2.24) is 15.5 Å². The van der Waals surface area contributed by atoms with E-state index in [1.807, 2.05) is 19.0 Å². The van der Waals surface area contributed by atoms with Gasteiger partial charge >= 0.3 is 0 Å². The highest BCUT2D eigenvalue weighted by Gasteiger charge is 2.54. The molecule has 1 saturated heterocycles. The van der Waals surface area contributed by atoms with E-state index in [1.54, 1.807) is 0 Å². The Hall–Kier alpha value is -1.01. The third kappa shape index (κ3) is 2.86. The second-order valence-corrected chi connectivity index (χ2v) is 6.51. The number of thiocarbonyl (C=S) groups is 1. The van der Waals surface area contributed by atoms with E-state index in [1.165, 1.54) is 6.42 Å². The Morgan fingerprint density at radius 2 is 1.70 bits per heavy atom.